The monoisotopic (exact) mass is 541 g/mol. The molecule has 1 aromatic rings. The number of guanidine groups is 1. The predicted molar refractivity (Wildman–Crippen MR) is 139 cm³/mol. The Kier molecular flexibility index (Phi) is 11.1. The van der Waals surface area contributed by atoms with E-state index in [0.29, 0.717) is 12.1 Å². The van der Waals surface area contributed by atoms with E-state index in [9.17, 15) is 4.79 Å². The van der Waals surface area contributed by atoms with Gasteiger partial charge in [-0.25, -0.2) is 0 Å². The molecule has 2 fully saturated rings. The summed E-state index contributed by atoms with van der Waals surface area (Å²) in [4.78, 5) is 21.7. The number of likely N-dealkylation sites (tertiary alicyclic amines) is 2. The van der Waals surface area contributed by atoms with Crippen LogP contribution in [-0.2, 0) is 11.3 Å². The molecule has 0 spiro atoms. The lowest BCUT2D eigenvalue weighted by Crippen LogP contribution is -2.50. The maximum Gasteiger partial charge on any atom is 0.225 e. The number of aliphatic imine (C=N–C) groups is 1. The van der Waals surface area contributed by atoms with Crippen LogP contribution in [0.3, 0.4) is 0 Å². The van der Waals surface area contributed by atoms with Gasteiger partial charge in [-0.15, -0.1) is 24.0 Å². The van der Waals surface area contributed by atoms with Gasteiger partial charge < -0.3 is 15.5 Å². The first-order valence-electron chi connectivity index (χ1n) is 11.7. The molecular weight excluding hydrogens is 501 g/mol. The highest BCUT2D eigenvalue weighted by Gasteiger charge is 2.26. The number of benzene rings is 1. The van der Waals surface area contributed by atoms with Crippen molar-refractivity contribution in [2.24, 2.45) is 10.9 Å². The number of nitrogens with zero attached hydrogens (tertiary/aromatic N) is 3. The fourth-order valence-corrected chi connectivity index (χ4v) is 4.45. The van der Waals surface area contributed by atoms with Gasteiger partial charge in [-0.3, -0.25) is 14.7 Å². The first-order chi connectivity index (χ1) is 14.6. The van der Waals surface area contributed by atoms with E-state index in [-0.39, 0.29) is 35.8 Å². The smallest absolute Gasteiger partial charge is 0.225 e. The minimum absolute atomic E-state index is 0. The van der Waals surface area contributed by atoms with Gasteiger partial charge in [0, 0.05) is 44.2 Å². The average Bonchev–Trinajstić information content (AvgIpc) is 3.19. The van der Waals surface area contributed by atoms with Gasteiger partial charge in [0.15, 0.2) is 5.96 Å². The van der Waals surface area contributed by atoms with E-state index in [1.54, 1.807) is 0 Å². The summed E-state index contributed by atoms with van der Waals surface area (Å²) >= 11 is 0. The lowest BCUT2D eigenvalue weighted by Gasteiger charge is -2.34. The van der Waals surface area contributed by atoms with Crippen molar-refractivity contribution >= 4 is 35.8 Å². The molecule has 2 saturated heterocycles. The van der Waals surface area contributed by atoms with Crippen molar-refractivity contribution in [3.63, 3.8) is 0 Å². The number of hydrogen-bond donors (Lipinski definition) is 2. The van der Waals surface area contributed by atoms with Gasteiger partial charge in [-0.1, -0.05) is 44.2 Å². The van der Waals surface area contributed by atoms with Crippen LogP contribution in [0, 0.1) is 5.92 Å². The number of halogens is 1. The highest BCUT2D eigenvalue weighted by Crippen LogP contribution is 2.20. The molecule has 1 aromatic carbocycles. The molecule has 2 aliphatic heterocycles. The average molecular weight is 542 g/mol. The van der Waals surface area contributed by atoms with E-state index in [2.05, 4.69) is 52.8 Å². The third-order valence-corrected chi connectivity index (χ3v) is 6.17. The number of rotatable bonds is 7. The number of piperidine rings is 1. The minimum atomic E-state index is 0. The van der Waals surface area contributed by atoms with Crippen molar-refractivity contribution in [3.05, 3.63) is 35.9 Å². The zero-order valence-electron chi connectivity index (χ0n) is 19.3. The van der Waals surface area contributed by atoms with Crippen LogP contribution in [0.1, 0.15) is 52.0 Å². The molecule has 1 unspecified atom stereocenters. The highest BCUT2D eigenvalue weighted by molar-refractivity contribution is 14.0. The van der Waals surface area contributed by atoms with E-state index in [1.165, 1.54) is 18.4 Å². The van der Waals surface area contributed by atoms with Crippen molar-refractivity contribution in [1.82, 2.24) is 20.4 Å². The molecular formula is C24H40IN5O. The molecule has 0 radical (unpaired) electrons. The lowest BCUT2D eigenvalue weighted by atomic mass is 10.0. The topological polar surface area (TPSA) is 60.0 Å². The molecule has 0 aliphatic carbocycles. The number of hydrogen-bond acceptors (Lipinski definition) is 3. The van der Waals surface area contributed by atoms with E-state index >= 15 is 0 Å². The SMILES string of the molecule is CCNC(=NCC1CCCN1Cc1ccccc1)NC1CCN(C(=O)C(C)C)CC1.I. The maximum atomic E-state index is 12.2. The quantitative estimate of drug-likeness (QED) is 0.316. The van der Waals surface area contributed by atoms with Gasteiger partial charge in [0.1, 0.15) is 0 Å². The Morgan fingerprint density at radius 3 is 2.48 bits per heavy atom. The van der Waals surface area contributed by atoms with Crippen molar-refractivity contribution in [1.29, 1.82) is 0 Å². The van der Waals surface area contributed by atoms with Crippen LogP contribution < -0.4 is 10.6 Å². The van der Waals surface area contributed by atoms with E-state index in [0.717, 1.165) is 58.1 Å². The Labute approximate surface area is 205 Å². The first-order valence-corrected chi connectivity index (χ1v) is 11.7. The van der Waals surface area contributed by atoms with Crippen LogP contribution in [0.2, 0.25) is 0 Å². The van der Waals surface area contributed by atoms with Crippen LogP contribution in [0.25, 0.3) is 0 Å². The van der Waals surface area contributed by atoms with E-state index in [1.807, 2.05) is 18.7 Å². The van der Waals surface area contributed by atoms with Gasteiger partial charge >= 0.3 is 0 Å². The molecule has 6 nitrogen and oxygen atoms in total. The van der Waals surface area contributed by atoms with Gasteiger partial charge in [-0.05, 0) is 44.7 Å². The summed E-state index contributed by atoms with van der Waals surface area (Å²) in [6.45, 7) is 11.6. The summed E-state index contributed by atoms with van der Waals surface area (Å²) in [6.07, 6.45) is 4.42. The Morgan fingerprint density at radius 1 is 1.13 bits per heavy atom. The van der Waals surface area contributed by atoms with Gasteiger partial charge in [0.25, 0.3) is 0 Å². The maximum absolute atomic E-state index is 12.2. The largest absolute Gasteiger partial charge is 0.357 e. The molecule has 0 saturated carbocycles. The standard InChI is InChI=1S/C24H39N5O.HI/c1-4-25-24(27-21-12-15-28(16-13-21)23(30)19(2)3)26-17-22-11-8-14-29(22)18-20-9-6-5-7-10-20;/h5-7,9-10,19,21-22H,4,8,11-18H2,1-3H3,(H2,25,26,27);1H. The Hall–Kier alpha value is -1.35. The van der Waals surface area contributed by atoms with Crippen LogP contribution in [0.4, 0.5) is 0 Å². The van der Waals surface area contributed by atoms with Crippen LogP contribution >= 0.6 is 24.0 Å². The molecule has 0 aromatic heterocycles. The molecule has 2 aliphatic rings. The molecule has 174 valence electrons. The molecule has 1 atom stereocenters. The fourth-order valence-electron chi connectivity index (χ4n) is 4.45. The van der Waals surface area contributed by atoms with Crippen molar-refractivity contribution in [3.8, 4) is 0 Å². The molecule has 3 rings (SSSR count). The van der Waals surface area contributed by atoms with Crippen LogP contribution in [0.5, 0.6) is 0 Å². The summed E-state index contributed by atoms with van der Waals surface area (Å²) in [5.41, 5.74) is 1.38. The molecule has 1 amide bonds. The van der Waals surface area contributed by atoms with Crippen molar-refractivity contribution < 1.29 is 4.79 Å². The Bertz CT molecular complexity index is 688. The van der Waals surface area contributed by atoms with Crippen LogP contribution in [0.15, 0.2) is 35.3 Å². The van der Waals surface area contributed by atoms with Gasteiger partial charge in [0.05, 0.1) is 6.54 Å². The lowest BCUT2D eigenvalue weighted by molar-refractivity contribution is -0.135. The Morgan fingerprint density at radius 2 is 1.84 bits per heavy atom. The summed E-state index contributed by atoms with van der Waals surface area (Å²) in [5.74, 6) is 1.27. The minimum Gasteiger partial charge on any atom is -0.357 e. The normalized spacial score (nSPS) is 20.6. The van der Waals surface area contributed by atoms with Crippen LogP contribution in [-0.4, -0.2) is 66.5 Å². The van der Waals surface area contributed by atoms with Crippen molar-refractivity contribution in [2.45, 2.75) is 65.1 Å². The highest BCUT2D eigenvalue weighted by atomic mass is 127. The Balaban J connectivity index is 0.00000341. The zero-order chi connectivity index (χ0) is 21.3. The number of nitrogens with one attached hydrogen (secondary N) is 2. The zero-order valence-corrected chi connectivity index (χ0v) is 21.7. The second kappa shape index (κ2) is 13.3. The van der Waals surface area contributed by atoms with E-state index in [4.69, 9.17) is 4.99 Å². The molecule has 2 heterocycles. The summed E-state index contributed by atoms with van der Waals surface area (Å²) in [7, 11) is 0. The fraction of sp³-hybridized carbons (Fsp3) is 0.667. The predicted octanol–water partition coefficient (Wildman–Crippen LogP) is 3.47. The molecule has 0 bridgehead atoms. The third-order valence-electron chi connectivity index (χ3n) is 6.17. The van der Waals surface area contributed by atoms with Gasteiger partial charge in [-0.2, -0.15) is 0 Å². The number of carbonyl (C=O) groups is 1. The molecule has 7 heteroatoms. The third kappa shape index (κ3) is 7.93. The molecule has 2 N–H and O–H groups in total. The van der Waals surface area contributed by atoms with E-state index < -0.39 is 0 Å². The van der Waals surface area contributed by atoms with Crippen molar-refractivity contribution in [2.75, 3.05) is 32.7 Å². The summed E-state index contributed by atoms with van der Waals surface area (Å²) < 4.78 is 0. The van der Waals surface area contributed by atoms with Gasteiger partial charge in [0.2, 0.25) is 5.91 Å². The summed E-state index contributed by atoms with van der Waals surface area (Å²) in [6, 6.07) is 11.6. The number of carbonyl (C=O) groups excluding carboxylic acids is 1. The summed E-state index contributed by atoms with van der Waals surface area (Å²) in [5, 5.41) is 7.03. The molecule has 31 heavy (non-hydrogen) atoms. The second-order valence-corrected chi connectivity index (χ2v) is 8.87. The first kappa shape index (κ1) is 25.9. The second-order valence-electron chi connectivity index (χ2n) is 8.87. The number of amides is 1.